The van der Waals surface area contributed by atoms with Crippen molar-refractivity contribution in [3.8, 4) is 0 Å². The summed E-state index contributed by atoms with van der Waals surface area (Å²) in [6.07, 6.45) is 3.59. The number of carbonyl (C=O) groups is 1. The van der Waals surface area contributed by atoms with Crippen molar-refractivity contribution in [1.82, 2.24) is 19.7 Å². The molecule has 5 nitrogen and oxygen atoms in total. The van der Waals surface area contributed by atoms with Crippen LogP contribution in [0.4, 0.5) is 4.39 Å². The molecular weight excluding hydrogens is 319 g/mol. The number of carbonyl (C=O) groups excluding carboxylic acids is 1. The minimum Gasteiger partial charge on any atom is -0.338 e. The molecule has 1 aliphatic rings. The minimum atomic E-state index is -0.470. The van der Waals surface area contributed by atoms with Crippen LogP contribution in [0.2, 0.25) is 0 Å². The molecule has 1 saturated heterocycles. The van der Waals surface area contributed by atoms with Crippen molar-refractivity contribution in [3.05, 3.63) is 59.7 Å². The molecule has 2 aromatic heterocycles. The van der Waals surface area contributed by atoms with E-state index in [1.807, 2.05) is 19.2 Å². The lowest BCUT2D eigenvalue weighted by Crippen LogP contribution is -2.39. The standard InChI is InChI=1S/C19H19FN4O/c1-23-18-15(8-4-10-21-18)17(22-23)13-6-5-11-24(12-13)19(25)14-7-2-3-9-16(14)20/h2-4,7-10,13H,5-6,11-12H2,1H3/t13-/m1/s1. The fourth-order valence-electron chi connectivity index (χ4n) is 3.61. The number of aryl methyl sites for hydroxylation is 1. The van der Waals surface area contributed by atoms with Crippen LogP contribution in [0.15, 0.2) is 42.6 Å². The van der Waals surface area contributed by atoms with Gasteiger partial charge in [0.2, 0.25) is 0 Å². The van der Waals surface area contributed by atoms with Crippen LogP contribution in [0, 0.1) is 5.82 Å². The zero-order valence-electron chi connectivity index (χ0n) is 14.0. The molecule has 0 saturated carbocycles. The summed E-state index contributed by atoms with van der Waals surface area (Å²) in [5.41, 5.74) is 1.95. The van der Waals surface area contributed by atoms with E-state index in [1.54, 1.807) is 34.0 Å². The van der Waals surface area contributed by atoms with Crippen LogP contribution in [-0.2, 0) is 7.05 Å². The molecule has 0 spiro atoms. The predicted octanol–water partition coefficient (Wildman–Crippen LogP) is 3.13. The highest BCUT2D eigenvalue weighted by Crippen LogP contribution is 2.31. The van der Waals surface area contributed by atoms with Gasteiger partial charge in [-0.1, -0.05) is 12.1 Å². The van der Waals surface area contributed by atoms with E-state index in [0.29, 0.717) is 13.1 Å². The number of amides is 1. The molecule has 1 aliphatic heterocycles. The second-order valence-corrected chi connectivity index (χ2v) is 6.45. The van der Waals surface area contributed by atoms with E-state index >= 15 is 0 Å². The van der Waals surface area contributed by atoms with Crippen LogP contribution in [-0.4, -0.2) is 38.7 Å². The summed E-state index contributed by atoms with van der Waals surface area (Å²) < 4.78 is 15.7. The van der Waals surface area contributed by atoms with Crippen molar-refractivity contribution >= 4 is 16.9 Å². The van der Waals surface area contributed by atoms with Crippen LogP contribution in [0.3, 0.4) is 0 Å². The first-order chi connectivity index (χ1) is 12.1. The fraction of sp³-hybridized carbons (Fsp3) is 0.316. The number of pyridine rings is 1. The molecule has 3 aromatic rings. The highest BCUT2D eigenvalue weighted by atomic mass is 19.1. The number of hydrogen-bond acceptors (Lipinski definition) is 3. The van der Waals surface area contributed by atoms with Crippen molar-refractivity contribution in [2.24, 2.45) is 7.05 Å². The van der Waals surface area contributed by atoms with Crippen LogP contribution < -0.4 is 0 Å². The van der Waals surface area contributed by atoms with Crippen molar-refractivity contribution in [3.63, 3.8) is 0 Å². The zero-order valence-corrected chi connectivity index (χ0v) is 14.0. The Kier molecular flexibility index (Phi) is 3.95. The van der Waals surface area contributed by atoms with Crippen LogP contribution in [0.1, 0.15) is 34.8 Å². The quantitative estimate of drug-likeness (QED) is 0.721. The molecule has 128 valence electrons. The number of hydrogen-bond donors (Lipinski definition) is 0. The third-order valence-electron chi connectivity index (χ3n) is 4.83. The third-order valence-corrected chi connectivity index (χ3v) is 4.83. The first kappa shape index (κ1) is 15.7. The van der Waals surface area contributed by atoms with Gasteiger partial charge in [0.1, 0.15) is 5.82 Å². The van der Waals surface area contributed by atoms with Gasteiger partial charge in [-0.3, -0.25) is 9.48 Å². The summed E-state index contributed by atoms with van der Waals surface area (Å²) in [5.74, 6) is -0.583. The van der Waals surface area contributed by atoms with Crippen LogP contribution >= 0.6 is 0 Å². The average Bonchev–Trinajstić information content (AvgIpc) is 2.99. The Labute approximate surface area is 145 Å². The van der Waals surface area contributed by atoms with E-state index in [1.165, 1.54) is 6.07 Å². The number of nitrogens with zero attached hydrogens (tertiary/aromatic N) is 4. The first-order valence-electron chi connectivity index (χ1n) is 8.46. The molecule has 0 aliphatic carbocycles. The van der Waals surface area contributed by atoms with E-state index < -0.39 is 5.82 Å². The topological polar surface area (TPSA) is 51.0 Å². The van der Waals surface area contributed by atoms with E-state index in [-0.39, 0.29) is 17.4 Å². The van der Waals surface area contributed by atoms with E-state index in [9.17, 15) is 9.18 Å². The van der Waals surface area contributed by atoms with E-state index in [4.69, 9.17) is 0 Å². The fourth-order valence-corrected chi connectivity index (χ4v) is 3.61. The molecule has 1 atom stereocenters. The van der Waals surface area contributed by atoms with E-state index in [0.717, 1.165) is 29.6 Å². The van der Waals surface area contributed by atoms with Crippen molar-refractivity contribution in [1.29, 1.82) is 0 Å². The lowest BCUT2D eigenvalue weighted by molar-refractivity contribution is 0.0701. The number of likely N-dealkylation sites (tertiary alicyclic amines) is 1. The molecular formula is C19H19FN4O. The van der Waals surface area contributed by atoms with Gasteiger partial charge in [0.15, 0.2) is 5.65 Å². The number of rotatable bonds is 2. The molecule has 1 fully saturated rings. The van der Waals surface area contributed by atoms with Gasteiger partial charge < -0.3 is 4.90 Å². The summed E-state index contributed by atoms with van der Waals surface area (Å²) >= 11 is 0. The molecule has 1 aromatic carbocycles. The number of aromatic nitrogens is 3. The molecule has 0 radical (unpaired) electrons. The Balaban J connectivity index is 1.63. The molecule has 0 bridgehead atoms. The summed E-state index contributed by atoms with van der Waals surface area (Å²) in [5, 5.41) is 5.66. The van der Waals surface area contributed by atoms with Gasteiger partial charge >= 0.3 is 0 Å². The molecule has 3 heterocycles. The highest BCUT2D eigenvalue weighted by Gasteiger charge is 2.29. The number of piperidine rings is 1. The lowest BCUT2D eigenvalue weighted by atomic mass is 9.92. The molecule has 0 unspecified atom stereocenters. The van der Waals surface area contributed by atoms with Crippen molar-refractivity contribution in [2.45, 2.75) is 18.8 Å². The maximum atomic E-state index is 14.0. The Bertz CT molecular complexity index is 936. The molecule has 6 heteroatoms. The molecule has 25 heavy (non-hydrogen) atoms. The summed E-state index contributed by atoms with van der Waals surface area (Å²) in [6, 6.07) is 10.1. The number of benzene rings is 1. The third kappa shape index (κ3) is 2.77. The van der Waals surface area contributed by atoms with Gasteiger partial charge in [-0.2, -0.15) is 5.10 Å². The van der Waals surface area contributed by atoms with Gasteiger partial charge in [-0.05, 0) is 37.1 Å². The van der Waals surface area contributed by atoms with Gasteiger partial charge in [0.25, 0.3) is 5.91 Å². The smallest absolute Gasteiger partial charge is 0.256 e. The Morgan fingerprint density at radius 1 is 1.24 bits per heavy atom. The Morgan fingerprint density at radius 2 is 2.08 bits per heavy atom. The SMILES string of the molecule is Cn1nc([C@@H]2CCCN(C(=O)c3ccccc3F)C2)c2cccnc21. The first-order valence-corrected chi connectivity index (χ1v) is 8.46. The van der Waals surface area contributed by atoms with Gasteiger partial charge in [0.05, 0.1) is 11.3 Å². The summed E-state index contributed by atoms with van der Waals surface area (Å²) in [7, 11) is 1.88. The monoisotopic (exact) mass is 338 g/mol. The molecule has 0 N–H and O–H groups in total. The van der Waals surface area contributed by atoms with Gasteiger partial charge in [0, 0.05) is 37.6 Å². The van der Waals surface area contributed by atoms with Gasteiger partial charge in [-0.15, -0.1) is 0 Å². The van der Waals surface area contributed by atoms with Crippen LogP contribution in [0.25, 0.3) is 11.0 Å². The second kappa shape index (κ2) is 6.27. The highest BCUT2D eigenvalue weighted by molar-refractivity contribution is 5.94. The second-order valence-electron chi connectivity index (χ2n) is 6.45. The van der Waals surface area contributed by atoms with Crippen molar-refractivity contribution < 1.29 is 9.18 Å². The zero-order chi connectivity index (χ0) is 17.4. The lowest BCUT2D eigenvalue weighted by Gasteiger charge is -2.32. The van der Waals surface area contributed by atoms with Crippen LogP contribution in [0.5, 0.6) is 0 Å². The molecule has 1 amide bonds. The number of halogens is 1. The average molecular weight is 338 g/mol. The Hall–Kier alpha value is -2.76. The maximum Gasteiger partial charge on any atom is 0.256 e. The Morgan fingerprint density at radius 3 is 2.92 bits per heavy atom. The molecule has 4 rings (SSSR count). The number of fused-ring (bicyclic) bond motifs is 1. The summed E-state index contributed by atoms with van der Waals surface area (Å²) in [6.45, 7) is 1.20. The van der Waals surface area contributed by atoms with Gasteiger partial charge in [-0.25, -0.2) is 9.37 Å². The largest absolute Gasteiger partial charge is 0.338 e. The minimum absolute atomic E-state index is 0.135. The summed E-state index contributed by atoms with van der Waals surface area (Å²) in [4.78, 5) is 18.8. The predicted molar refractivity (Wildman–Crippen MR) is 92.8 cm³/mol. The van der Waals surface area contributed by atoms with Crippen molar-refractivity contribution in [2.75, 3.05) is 13.1 Å². The van der Waals surface area contributed by atoms with E-state index in [2.05, 4.69) is 10.1 Å². The normalized spacial score (nSPS) is 17.8. The maximum absolute atomic E-state index is 14.0.